The molecule has 0 N–H and O–H groups in total. The fraction of sp³-hybridized carbons (Fsp3) is 0.400. The number of hydrogen-bond acceptors (Lipinski definition) is 1. The Morgan fingerprint density at radius 2 is 1.29 bits per heavy atom. The molecule has 0 aliphatic rings. The number of benzene rings is 2. The molecule has 2 aromatic rings. The van der Waals surface area contributed by atoms with Crippen LogP contribution in [0, 0.1) is 0 Å². The van der Waals surface area contributed by atoms with Gasteiger partial charge in [-0.2, -0.15) is 11.8 Å². The Morgan fingerprint density at radius 3 is 1.71 bits per heavy atom. The van der Waals surface area contributed by atoms with Crippen molar-refractivity contribution in [1.29, 1.82) is 0 Å². The van der Waals surface area contributed by atoms with Crippen molar-refractivity contribution in [3.63, 3.8) is 0 Å². The Bertz CT molecular complexity index is 556. The largest absolute Gasteiger partial charge is 0.154 e. The summed E-state index contributed by atoms with van der Waals surface area (Å²) >= 11 is 1.99. The van der Waals surface area contributed by atoms with Crippen LogP contribution in [0.5, 0.6) is 0 Å². The maximum atomic E-state index is 2.25. The highest BCUT2D eigenvalue weighted by Gasteiger charge is 2.12. The van der Waals surface area contributed by atoms with E-state index in [-0.39, 0.29) is 5.41 Å². The summed E-state index contributed by atoms with van der Waals surface area (Å²) in [7, 11) is 0. The van der Waals surface area contributed by atoms with Crippen molar-refractivity contribution in [3.8, 4) is 11.1 Å². The molecule has 112 valence electrons. The standard InChI is InChI=1S/C20H26S/c1-15(2)21-14-16-6-8-17(9-7-16)18-10-12-19(13-11-18)20(3,4)5/h6-13,15H,14H2,1-5H3. The molecule has 0 bridgehead atoms. The normalized spacial score (nSPS) is 11.9. The van der Waals surface area contributed by atoms with Crippen LogP contribution in [0.4, 0.5) is 0 Å². The summed E-state index contributed by atoms with van der Waals surface area (Å²) in [4.78, 5) is 0. The molecule has 0 saturated carbocycles. The lowest BCUT2D eigenvalue weighted by atomic mass is 9.86. The predicted molar refractivity (Wildman–Crippen MR) is 97.0 cm³/mol. The average molecular weight is 298 g/mol. The van der Waals surface area contributed by atoms with Crippen LogP contribution in [0.1, 0.15) is 45.7 Å². The Kier molecular flexibility index (Phi) is 5.16. The Morgan fingerprint density at radius 1 is 0.810 bits per heavy atom. The van der Waals surface area contributed by atoms with Gasteiger partial charge in [-0.3, -0.25) is 0 Å². The molecular weight excluding hydrogens is 272 g/mol. The first kappa shape index (κ1) is 16.2. The molecule has 1 heteroatoms. The number of hydrogen-bond donors (Lipinski definition) is 0. The van der Waals surface area contributed by atoms with Crippen LogP contribution >= 0.6 is 11.8 Å². The molecule has 0 saturated heterocycles. The van der Waals surface area contributed by atoms with E-state index >= 15 is 0 Å². The molecule has 0 heterocycles. The highest BCUT2D eigenvalue weighted by atomic mass is 32.2. The summed E-state index contributed by atoms with van der Waals surface area (Å²) < 4.78 is 0. The molecule has 2 aromatic carbocycles. The van der Waals surface area contributed by atoms with Crippen LogP contribution in [-0.4, -0.2) is 5.25 Å². The van der Waals surface area contributed by atoms with E-state index in [4.69, 9.17) is 0 Å². The first-order valence-corrected chi connectivity index (χ1v) is 8.72. The van der Waals surface area contributed by atoms with Gasteiger partial charge < -0.3 is 0 Å². The summed E-state index contributed by atoms with van der Waals surface area (Å²) in [6.45, 7) is 11.3. The van der Waals surface area contributed by atoms with Crippen molar-refractivity contribution in [2.45, 2.75) is 51.0 Å². The third-order valence-corrected chi connectivity index (χ3v) is 4.79. The van der Waals surface area contributed by atoms with Gasteiger partial charge in [0.05, 0.1) is 0 Å². The van der Waals surface area contributed by atoms with Crippen LogP contribution in [0.2, 0.25) is 0 Å². The van der Waals surface area contributed by atoms with Crippen LogP contribution < -0.4 is 0 Å². The quantitative estimate of drug-likeness (QED) is 0.639. The summed E-state index contributed by atoms with van der Waals surface area (Å²) in [5.74, 6) is 1.10. The van der Waals surface area contributed by atoms with Gasteiger partial charge in [0.15, 0.2) is 0 Å². The van der Waals surface area contributed by atoms with Gasteiger partial charge in [0.25, 0.3) is 0 Å². The van der Waals surface area contributed by atoms with Crippen molar-refractivity contribution in [1.82, 2.24) is 0 Å². The maximum absolute atomic E-state index is 2.25. The fourth-order valence-electron chi connectivity index (χ4n) is 2.22. The SMILES string of the molecule is CC(C)SCc1ccc(-c2ccc(C(C)(C)C)cc2)cc1. The minimum atomic E-state index is 0.219. The molecule has 0 aliphatic carbocycles. The van der Waals surface area contributed by atoms with Crippen LogP contribution in [-0.2, 0) is 11.2 Å². The molecule has 21 heavy (non-hydrogen) atoms. The van der Waals surface area contributed by atoms with E-state index in [0.717, 1.165) is 5.75 Å². The second-order valence-corrected chi connectivity index (χ2v) is 8.45. The van der Waals surface area contributed by atoms with Crippen molar-refractivity contribution in [2.24, 2.45) is 0 Å². The van der Waals surface area contributed by atoms with E-state index in [1.54, 1.807) is 0 Å². The molecule has 0 amide bonds. The molecule has 0 aromatic heterocycles. The van der Waals surface area contributed by atoms with Crippen molar-refractivity contribution >= 4 is 11.8 Å². The lowest BCUT2D eigenvalue weighted by Gasteiger charge is -2.19. The number of rotatable bonds is 4. The Hall–Kier alpha value is -1.21. The van der Waals surface area contributed by atoms with Crippen molar-refractivity contribution < 1.29 is 0 Å². The van der Waals surface area contributed by atoms with Gasteiger partial charge in [0, 0.05) is 5.75 Å². The van der Waals surface area contributed by atoms with E-state index in [0.29, 0.717) is 5.25 Å². The zero-order valence-corrected chi connectivity index (χ0v) is 14.6. The maximum Gasteiger partial charge on any atom is 0.0187 e. The number of thioether (sulfide) groups is 1. The summed E-state index contributed by atoms with van der Waals surface area (Å²) in [5, 5.41) is 0.689. The highest BCUT2D eigenvalue weighted by molar-refractivity contribution is 7.99. The molecule has 0 spiro atoms. The first-order valence-electron chi connectivity index (χ1n) is 7.68. The average Bonchev–Trinajstić information content (AvgIpc) is 2.45. The zero-order chi connectivity index (χ0) is 15.5. The van der Waals surface area contributed by atoms with E-state index in [2.05, 4.69) is 83.1 Å². The van der Waals surface area contributed by atoms with Gasteiger partial charge in [0.2, 0.25) is 0 Å². The highest BCUT2D eigenvalue weighted by Crippen LogP contribution is 2.27. The summed E-state index contributed by atoms with van der Waals surface area (Å²) in [6.07, 6.45) is 0. The van der Waals surface area contributed by atoms with E-state index in [1.165, 1.54) is 22.3 Å². The van der Waals surface area contributed by atoms with Gasteiger partial charge in [-0.05, 0) is 32.9 Å². The van der Waals surface area contributed by atoms with Gasteiger partial charge in [-0.15, -0.1) is 0 Å². The fourth-order valence-corrected chi connectivity index (χ4v) is 2.94. The lowest BCUT2D eigenvalue weighted by Crippen LogP contribution is -2.10. The van der Waals surface area contributed by atoms with Gasteiger partial charge >= 0.3 is 0 Å². The molecule has 0 fully saturated rings. The Labute approximate surface area is 134 Å². The molecule has 0 radical (unpaired) electrons. The topological polar surface area (TPSA) is 0 Å². The molecule has 0 unspecified atom stereocenters. The van der Waals surface area contributed by atoms with E-state index in [1.807, 2.05) is 11.8 Å². The molecule has 0 atom stereocenters. The summed E-state index contributed by atoms with van der Waals surface area (Å²) in [5.41, 5.74) is 5.61. The van der Waals surface area contributed by atoms with Crippen LogP contribution in [0.25, 0.3) is 11.1 Å². The van der Waals surface area contributed by atoms with Crippen LogP contribution in [0.3, 0.4) is 0 Å². The van der Waals surface area contributed by atoms with Crippen LogP contribution in [0.15, 0.2) is 48.5 Å². The molecule has 0 nitrogen and oxygen atoms in total. The zero-order valence-electron chi connectivity index (χ0n) is 13.8. The van der Waals surface area contributed by atoms with Gasteiger partial charge in [0.1, 0.15) is 0 Å². The van der Waals surface area contributed by atoms with Crippen molar-refractivity contribution in [3.05, 3.63) is 59.7 Å². The van der Waals surface area contributed by atoms with Crippen molar-refractivity contribution in [2.75, 3.05) is 0 Å². The summed E-state index contributed by atoms with van der Waals surface area (Å²) in [6, 6.07) is 17.9. The van der Waals surface area contributed by atoms with E-state index < -0.39 is 0 Å². The molecule has 0 aliphatic heterocycles. The minimum absolute atomic E-state index is 0.219. The second-order valence-electron chi connectivity index (χ2n) is 6.88. The first-order chi connectivity index (χ1) is 9.86. The minimum Gasteiger partial charge on any atom is -0.154 e. The molecule has 2 rings (SSSR count). The lowest BCUT2D eigenvalue weighted by molar-refractivity contribution is 0.590. The monoisotopic (exact) mass is 298 g/mol. The predicted octanol–water partition coefficient (Wildman–Crippen LogP) is 6.29. The van der Waals surface area contributed by atoms with Gasteiger partial charge in [-0.25, -0.2) is 0 Å². The second kappa shape index (κ2) is 6.70. The molecular formula is C20H26S. The third-order valence-electron chi connectivity index (χ3n) is 3.62. The smallest absolute Gasteiger partial charge is 0.0187 e. The van der Waals surface area contributed by atoms with Gasteiger partial charge in [-0.1, -0.05) is 83.1 Å². The Balaban J connectivity index is 2.11. The third kappa shape index (κ3) is 4.64. The van der Waals surface area contributed by atoms with E-state index in [9.17, 15) is 0 Å².